The van der Waals surface area contributed by atoms with Gasteiger partial charge >= 0.3 is 5.97 Å². The zero-order chi connectivity index (χ0) is 16.6. The van der Waals surface area contributed by atoms with Gasteiger partial charge in [-0.3, -0.25) is 0 Å². The molecule has 0 unspecified atom stereocenters. The number of halogens is 1. The molecule has 6 nitrogen and oxygen atoms in total. The maximum atomic E-state index is 11.8. The van der Waals surface area contributed by atoms with E-state index in [1.807, 2.05) is 30.5 Å². The van der Waals surface area contributed by atoms with Gasteiger partial charge in [0.05, 0.1) is 12.6 Å². The Kier molecular flexibility index (Phi) is 4.18. The number of ether oxygens (including phenoxy) is 1. The molecule has 0 amide bonds. The number of carbonyl (C=O) groups excluding carboxylic acids is 1. The van der Waals surface area contributed by atoms with Gasteiger partial charge in [-0.05, 0) is 36.1 Å². The molecular weight excluding hydrogens is 382 g/mol. The van der Waals surface area contributed by atoms with E-state index in [2.05, 4.69) is 31.1 Å². The van der Waals surface area contributed by atoms with Gasteiger partial charge in [-0.15, -0.1) is 21.6 Å². The predicted octanol–water partition coefficient (Wildman–Crippen LogP) is 5.21. The summed E-state index contributed by atoms with van der Waals surface area (Å²) in [6.45, 7) is 1.84. The van der Waals surface area contributed by atoms with Crippen LogP contribution < -0.4 is 0 Å². The van der Waals surface area contributed by atoms with E-state index in [4.69, 9.17) is 4.74 Å². The molecule has 1 aromatic carbocycles. The summed E-state index contributed by atoms with van der Waals surface area (Å²) >= 11 is 4.64. The molecule has 2 aromatic heterocycles. The van der Waals surface area contributed by atoms with Crippen molar-refractivity contribution in [2.75, 3.05) is 7.11 Å². The van der Waals surface area contributed by atoms with Crippen molar-refractivity contribution in [3.63, 3.8) is 0 Å². The average molecular weight is 394 g/mol. The lowest BCUT2D eigenvalue weighted by Crippen LogP contribution is -1.97. The van der Waals surface area contributed by atoms with E-state index < -0.39 is 5.97 Å². The van der Waals surface area contributed by atoms with Crippen LogP contribution in [0.25, 0.3) is 10.9 Å². The number of benzene rings is 1. The van der Waals surface area contributed by atoms with Crippen molar-refractivity contribution in [2.24, 2.45) is 10.2 Å². The van der Waals surface area contributed by atoms with Crippen LogP contribution in [0.1, 0.15) is 15.2 Å². The highest BCUT2D eigenvalue weighted by atomic mass is 79.9. The maximum Gasteiger partial charge on any atom is 0.350 e. The van der Waals surface area contributed by atoms with Crippen LogP contribution in [0.3, 0.4) is 0 Å². The van der Waals surface area contributed by atoms with E-state index >= 15 is 0 Å². The first-order valence-corrected chi connectivity index (χ1v) is 8.27. The number of aryl methyl sites for hydroxylation is 1. The van der Waals surface area contributed by atoms with E-state index in [0.29, 0.717) is 16.3 Å². The minimum atomic E-state index is -0.456. The molecule has 0 bridgehead atoms. The highest BCUT2D eigenvalue weighted by molar-refractivity contribution is 9.10. The zero-order valence-electron chi connectivity index (χ0n) is 12.3. The third kappa shape index (κ3) is 2.87. The van der Waals surface area contributed by atoms with Gasteiger partial charge in [0.25, 0.3) is 0 Å². The number of azo groups is 1. The quantitative estimate of drug-likeness (QED) is 0.472. The van der Waals surface area contributed by atoms with Crippen molar-refractivity contribution in [1.29, 1.82) is 0 Å². The van der Waals surface area contributed by atoms with Crippen molar-refractivity contribution in [1.82, 2.24) is 4.98 Å². The molecule has 0 saturated heterocycles. The summed E-state index contributed by atoms with van der Waals surface area (Å²) < 4.78 is 5.61. The van der Waals surface area contributed by atoms with Crippen LogP contribution in [0.15, 0.2) is 38.3 Å². The van der Waals surface area contributed by atoms with Crippen LogP contribution >= 0.6 is 27.3 Å². The molecule has 0 saturated carbocycles. The third-order valence-corrected chi connectivity index (χ3v) is 4.84. The normalized spacial score (nSPS) is 11.4. The number of rotatable bonds is 3. The lowest BCUT2D eigenvalue weighted by Gasteiger charge is -1.98. The molecule has 0 aliphatic heterocycles. The lowest BCUT2D eigenvalue weighted by molar-refractivity contribution is 0.0607. The predicted molar refractivity (Wildman–Crippen MR) is 92.2 cm³/mol. The topological polar surface area (TPSA) is 87.0 Å². The van der Waals surface area contributed by atoms with Gasteiger partial charge in [-0.1, -0.05) is 15.9 Å². The summed E-state index contributed by atoms with van der Waals surface area (Å²) in [5.41, 5.74) is 2.34. The average Bonchev–Trinajstić information content (AvgIpc) is 3.04. The third-order valence-electron chi connectivity index (χ3n) is 3.28. The van der Waals surface area contributed by atoms with E-state index in [1.165, 1.54) is 18.4 Å². The SMILES string of the molecule is COC(=O)c1scc(C)c1N=Nc1c(O)[nH]c2ccc(Br)cc12. The zero-order valence-corrected chi connectivity index (χ0v) is 14.7. The van der Waals surface area contributed by atoms with Crippen molar-refractivity contribution in [2.45, 2.75) is 6.92 Å². The number of esters is 1. The number of hydrogen-bond donors (Lipinski definition) is 2. The highest BCUT2D eigenvalue weighted by Gasteiger charge is 2.17. The fourth-order valence-electron chi connectivity index (χ4n) is 2.14. The number of methoxy groups -OCH3 is 1. The van der Waals surface area contributed by atoms with Gasteiger partial charge in [-0.25, -0.2) is 4.79 Å². The van der Waals surface area contributed by atoms with Crippen LogP contribution in [0.4, 0.5) is 11.4 Å². The number of thiophene rings is 1. The minimum Gasteiger partial charge on any atom is -0.493 e. The lowest BCUT2D eigenvalue weighted by atomic mass is 10.2. The van der Waals surface area contributed by atoms with Crippen molar-refractivity contribution < 1.29 is 14.6 Å². The summed E-state index contributed by atoms with van der Waals surface area (Å²) in [5.74, 6) is -0.530. The monoisotopic (exact) mass is 393 g/mol. The summed E-state index contributed by atoms with van der Waals surface area (Å²) in [4.78, 5) is 15.0. The van der Waals surface area contributed by atoms with Gasteiger partial charge in [0.1, 0.15) is 10.6 Å². The first-order chi connectivity index (χ1) is 11.0. The van der Waals surface area contributed by atoms with Crippen LogP contribution in [0, 0.1) is 6.92 Å². The molecule has 118 valence electrons. The minimum absolute atomic E-state index is 0.0747. The number of aromatic hydroxyl groups is 1. The summed E-state index contributed by atoms with van der Waals surface area (Å²) in [7, 11) is 1.32. The fraction of sp³-hybridized carbons (Fsp3) is 0.133. The second kappa shape index (κ2) is 6.13. The van der Waals surface area contributed by atoms with Crippen LogP contribution in [0.5, 0.6) is 5.88 Å². The van der Waals surface area contributed by atoms with Gasteiger partial charge < -0.3 is 14.8 Å². The molecule has 0 fully saturated rings. The largest absolute Gasteiger partial charge is 0.493 e. The molecule has 0 spiro atoms. The Labute approximate surface area is 143 Å². The molecule has 0 radical (unpaired) electrons. The van der Waals surface area contributed by atoms with Crippen molar-refractivity contribution >= 4 is 55.5 Å². The Hall–Kier alpha value is -2.19. The molecule has 2 heterocycles. The molecule has 3 aromatic rings. The van der Waals surface area contributed by atoms with Gasteiger partial charge in [0, 0.05) is 9.86 Å². The standard InChI is InChI=1S/C15H12BrN3O3S/c1-7-6-23-13(15(21)22-2)11(7)18-19-12-9-5-8(16)3-4-10(9)17-14(12)20/h3-6,17,20H,1-2H3. The molecule has 0 atom stereocenters. The Morgan fingerprint density at radius 3 is 2.83 bits per heavy atom. The number of carbonyl (C=O) groups is 1. The molecule has 3 rings (SSSR count). The Morgan fingerprint density at radius 2 is 2.09 bits per heavy atom. The van der Waals surface area contributed by atoms with E-state index in [1.54, 1.807) is 0 Å². The molecule has 2 N–H and O–H groups in total. The molecule has 0 aliphatic rings. The molecule has 8 heteroatoms. The first-order valence-electron chi connectivity index (χ1n) is 6.59. The summed E-state index contributed by atoms with van der Waals surface area (Å²) in [6, 6.07) is 5.52. The van der Waals surface area contributed by atoms with Gasteiger partial charge in [-0.2, -0.15) is 0 Å². The number of nitrogens with zero attached hydrogens (tertiary/aromatic N) is 2. The number of aromatic amines is 1. The molecule has 23 heavy (non-hydrogen) atoms. The number of fused-ring (bicyclic) bond motifs is 1. The maximum absolute atomic E-state index is 11.8. The van der Waals surface area contributed by atoms with Crippen molar-refractivity contribution in [3.05, 3.63) is 38.5 Å². The van der Waals surface area contributed by atoms with Gasteiger partial charge in [0.2, 0.25) is 5.88 Å². The Bertz CT molecular complexity index is 930. The van der Waals surface area contributed by atoms with E-state index in [9.17, 15) is 9.90 Å². The van der Waals surface area contributed by atoms with Crippen LogP contribution in [0.2, 0.25) is 0 Å². The van der Waals surface area contributed by atoms with E-state index in [0.717, 1.165) is 20.9 Å². The summed E-state index contributed by atoms with van der Waals surface area (Å²) in [6.07, 6.45) is 0. The smallest absolute Gasteiger partial charge is 0.350 e. The van der Waals surface area contributed by atoms with Gasteiger partial charge in [0.15, 0.2) is 5.69 Å². The molecule has 0 aliphatic carbocycles. The number of nitrogens with one attached hydrogen (secondary N) is 1. The van der Waals surface area contributed by atoms with Crippen molar-refractivity contribution in [3.8, 4) is 5.88 Å². The second-order valence-corrected chi connectivity index (χ2v) is 6.60. The number of aromatic nitrogens is 1. The number of hydrogen-bond acceptors (Lipinski definition) is 6. The second-order valence-electron chi connectivity index (χ2n) is 4.80. The van der Waals surface area contributed by atoms with Crippen LogP contribution in [-0.2, 0) is 4.74 Å². The number of H-pyrrole nitrogens is 1. The Balaban J connectivity index is 2.08. The summed E-state index contributed by atoms with van der Waals surface area (Å²) in [5, 5.41) is 20.9. The van der Waals surface area contributed by atoms with E-state index in [-0.39, 0.29) is 5.88 Å². The first kappa shape index (κ1) is 15.7. The van der Waals surface area contributed by atoms with Crippen LogP contribution in [-0.4, -0.2) is 23.2 Å². The molecular formula is C15H12BrN3O3S. The highest BCUT2D eigenvalue weighted by Crippen LogP contribution is 2.39. The fourth-order valence-corrected chi connectivity index (χ4v) is 3.40. The Morgan fingerprint density at radius 1 is 1.35 bits per heavy atom.